The summed E-state index contributed by atoms with van der Waals surface area (Å²) in [6.45, 7) is 7.06. The number of nitrogens with two attached hydrogens (primary N) is 1. The summed E-state index contributed by atoms with van der Waals surface area (Å²) >= 11 is 0. The first kappa shape index (κ1) is 19.9. The number of aryl methyl sites for hydroxylation is 1. The smallest absolute Gasteiger partial charge is 0.251 e. The van der Waals surface area contributed by atoms with Gasteiger partial charge in [-0.3, -0.25) is 4.79 Å². The van der Waals surface area contributed by atoms with E-state index in [0.29, 0.717) is 5.56 Å². The number of carbonyl (C=O) groups is 1. The molecular weight excluding hydrogens is 344 g/mol. The maximum Gasteiger partial charge on any atom is 0.251 e. The van der Waals surface area contributed by atoms with Gasteiger partial charge >= 0.3 is 0 Å². The van der Waals surface area contributed by atoms with E-state index in [2.05, 4.69) is 66.9 Å². The number of rotatable bonds is 8. The Bertz CT molecular complexity index is 937. The molecule has 0 saturated carbocycles. The van der Waals surface area contributed by atoms with Gasteiger partial charge in [0.15, 0.2) is 0 Å². The molecule has 0 atom stereocenters. The molecule has 1 aromatic heterocycles. The average Bonchev–Trinajstić information content (AvgIpc) is 2.96. The number of benzene rings is 2. The lowest BCUT2D eigenvalue weighted by Crippen LogP contribution is -2.13. The van der Waals surface area contributed by atoms with Gasteiger partial charge in [0.1, 0.15) is 0 Å². The topological polar surface area (TPSA) is 48.0 Å². The molecule has 0 bridgehead atoms. The number of hydrogen-bond donors (Lipinski definition) is 1. The molecule has 0 radical (unpaired) electrons. The number of primary amides is 1. The van der Waals surface area contributed by atoms with Crippen LogP contribution in [0.15, 0.2) is 54.6 Å². The van der Waals surface area contributed by atoms with Crippen molar-refractivity contribution < 1.29 is 4.79 Å². The fourth-order valence-electron chi connectivity index (χ4n) is 3.91. The Morgan fingerprint density at radius 3 is 2.25 bits per heavy atom. The molecule has 0 aliphatic rings. The summed E-state index contributed by atoms with van der Waals surface area (Å²) < 4.78 is 2.29. The second kappa shape index (κ2) is 8.92. The number of carbonyl (C=O) groups excluding carboxylic acids is 1. The SMILES string of the molecule is CCCCCc1c(-c2ccc(C)cc2)c(C(N)=O)c(C)n1Cc1ccccc1. The molecule has 3 nitrogen and oxygen atoms in total. The van der Waals surface area contributed by atoms with E-state index in [4.69, 9.17) is 5.73 Å². The summed E-state index contributed by atoms with van der Waals surface area (Å²) in [6.07, 6.45) is 4.39. The second-order valence-electron chi connectivity index (χ2n) is 7.54. The quantitative estimate of drug-likeness (QED) is 0.509. The van der Waals surface area contributed by atoms with E-state index in [1.807, 2.05) is 13.0 Å². The predicted octanol–water partition coefficient (Wildman–Crippen LogP) is 5.65. The van der Waals surface area contributed by atoms with Crippen LogP contribution in [0.5, 0.6) is 0 Å². The zero-order valence-electron chi connectivity index (χ0n) is 17.2. The molecule has 1 heterocycles. The Morgan fingerprint density at radius 1 is 0.964 bits per heavy atom. The number of nitrogens with zero attached hydrogens (tertiary/aromatic N) is 1. The minimum atomic E-state index is -0.350. The van der Waals surface area contributed by atoms with E-state index in [-0.39, 0.29) is 5.91 Å². The first-order valence-electron chi connectivity index (χ1n) is 10.2. The Labute approximate surface area is 168 Å². The minimum Gasteiger partial charge on any atom is -0.366 e. The maximum absolute atomic E-state index is 12.4. The van der Waals surface area contributed by atoms with E-state index in [0.717, 1.165) is 36.2 Å². The van der Waals surface area contributed by atoms with Gasteiger partial charge in [-0.25, -0.2) is 0 Å². The highest BCUT2D eigenvalue weighted by molar-refractivity contribution is 6.02. The van der Waals surface area contributed by atoms with Crippen LogP contribution < -0.4 is 5.73 Å². The highest BCUT2D eigenvalue weighted by Gasteiger charge is 2.24. The molecule has 0 aliphatic carbocycles. The normalized spacial score (nSPS) is 11.0. The van der Waals surface area contributed by atoms with Gasteiger partial charge < -0.3 is 10.3 Å². The van der Waals surface area contributed by atoms with Crippen LogP contribution in [0.25, 0.3) is 11.1 Å². The molecule has 3 heteroatoms. The van der Waals surface area contributed by atoms with Crippen molar-refractivity contribution >= 4 is 5.91 Å². The average molecular weight is 375 g/mol. The van der Waals surface area contributed by atoms with Crippen LogP contribution in [0, 0.1) is 13.8 Å². The lowest BCUT2D eigenvalue weighted by atomic mass is 9.96. The van der Waals surface area contributed by atoms with E-state index in [1.54, 1.807) is 0 Å². The number of unbranched alkanes of at least 4 members (excludes halogenated alkanes) is 2. The van der Waals surface area contributed by atoms with Crippen molar-refractivity contribution in [3.8, 4) is 11.1 Å². The van der Waals surface area contributed by atoms with Crippen molar-refractivity contribution in [2.75, 3.05) is 0 Å². The molecule has 3 aromatic rings. The van der Waals surface area contributed by atoms with E-state index >= 15 is 0 Å². The molecule has 0 fully saturated rings. The molecule has 0 saturated heterocycles. The molecule has 28 heavy (non-hydrogen) atoms. The molecule has 0 unspecified atom stereocenters. The van der Waals surface area contributed by atoms with Gasteiger partial charge in [-0.1, -0.05) is 79.9 Å². The van der Waals surface area contributed by atoms with Crippen molar-refractivity contribution in [2.24, 2.45) is 5.73 Å². The Kier molecular flexibility index (Phi) is 6.35. The number of hydrogen-bond acceptors (Lipinski definition) is 1. The van der Waals surface area contributed by atoms with E-state index in [1.165, 1.54) is 29.7 Å². The lowest BCUT2D eigenvalue weighted by Gasteiger charge is -2.14. The Morgan fingerprint density at radius 2 is 1.64 bits per heavy atom. The molecule has 2 N–H and O–H groups in total. The van der Waals surface area contributed by atoms with Crippen LogP contribution in [-0.2, 0) is 13.0 Å². The van der Waals surface area contributed by atoms with Gasteiger partial charge in [0.05, 0.1) is 5.56 Å². The van der Waals surface area contributed by atoms with Crippen molar-refractivity contribution in [3.05, 3.63) is 82.7 Å². The van der Waals surface area contributed by atoms with Crippen LogP contribution in [0.1, 0.15) is 59.1 Å². The third kappa shape index (κ3) is 4.19. The fraction of sp³-hybridized carbons (Fsp3) is 0.320. The van der Waals surface area contributed by atoms with Crippen LogP contribution in [-0.4, -0.2) is 10.5 Å². The monoisotopic (exact) mass is 374 g/mol. The standard InChI is InChI=1S/C25H30N2O/c1-4-5-7-12-22-24(21-15-13-18(2)14-16-21)23(25(26)28)19(3)27(22)17-20-10-8-6-9-11-20/h6,8-11,13-16H,4-5,7,12,17H2,1-3H3,(H2,26,28). The first-order chi connectivity index (χ1) is 13.5. The van der Waals surface area contributed by atoms with Crippen LogP contribution >= 0.6 is 0 Å². The van der Waals surface area contributed by atoms with Crippen molar-refractivity contribution in [3.63, 3.8) is 0 Å². The minimum absolute atomic E-state index is 0.350. The molecule has 0 spiro atoms. The van der Waals surface area contributed by atoms with Crippen LogP contribution in [0.3, 0.4) is 0 Å². The highest BCUT2D eigenvalue weighted by Crippen LogP contribution is 2.34. The first-order valence-corrected chi connectivity index (χ1v) is 10.2. The molecule has 1 amide bonds. The van der Waals surface area contributed by atoms with Crippen molar-refractivity contribution in [2.45, 2.75) is 53.0 Å². The zero-order chi connectivity index (χ0) is 20.1. The van der Waals surface area contributed by atoms with Gasteiger partial charge in [0, 0.05) is 23.5 Å². The third-order valence-electron chi connectivity index (χ3n) is 5.42. The summed E-state index contributed by atoms with van der Waals surface area (Å²) in [5.41, 5.74) is 13.2. The van der Waals surface area contributed by atoms with Crippen molar-refractivity contribution in [1.82, 2.24) is 4.57 Å². The maximum atomic E-state index is 12.4. The van der Waals surface area contributed by atoms with Gasteiger partial charge in [0.2, 0.25) is 0 Å². The van der Waals surface area contributed by atoms with E-state index in [9.17, 15) is 4.79 Å². The number of amides is 1. The van der Waals surface area contributed by atoms with E-state index < -0.39 is 0 Å². The molecule has 3 rings (SSSR count). The highest BCUT2D eigenvalue weighted by atomic mass is 16.1. The summed E-state index contributed by atoms with van der Waals surface area (Å²) in [4.78, 5) is 12.4. The fourth-order valence-corrected chi connectivity index (χ4v) is 3.91. The van der Waals surface area contributed by atoms with Gasteiger partial charge in [-0.2, -0.15) is 0 Å². The zero-order valence-corrected chi connectivity index (χ0v) is 17.2. The second-order valence-corrected chi connectivity index (χ2v) is 7.54. The Balaban J connectivity index is 2.18. The molecule has 146 valence electrons. The number of aromatic nitrogens is 1. The summed E-state index contributed by atoms with van der Waals surface area (Å²) in [5, 5.41) is 0. The van der Waals surface area contributed by atoms with Gasteiger partial charge in [-0.05, 0) is 37.8 Å². The van der Waals surface area contributed by atoms with Crippen molar-refractivity contribution in [1.29, 1.82) is 0 Å². The third-order valence-corrected chi connectivity index (χ3v) is 5.42. The summed E-state index contributed by atoms with van der Waals surface area (Å²) in [7, 11) is 0. The molecular formula is C25H30N2O. The summed E-state index contributed by atoms with van der Waals surface area (Å²) in [5.74, 6) is -0.350. The van der Waals surface area contributed by atoms with Crippen LogP contribution in [0.2, 0.25) is 0 Å². The molecule has 2 aromatic carbocycles. The molecule has 0 aliphatic heterocycles. The Hall–Kier alpha value is -2.81. The summed E-state index contributed by atoms with van der Waals surface area (Å²) in [6, 6.07) is 18.8. The largest absolute Gasteiger partial charge is 0.366 e. The van der Waals surface area contributed by atoms with Gasteiger partial charge in [-0.15, -0.1) is 0 Å². The lowest BCUT2D eigenvalue weighted by molar-refractivity contribution is 0.1000. The van der Waals surface area contributed by atoms with Crippen LogP contribution in [0.4, 0.5) is 0 Å². The predicted molar refractivity (Wildman–Crippen MR) is 117 cm³/mol. The van der Waals surface area contributed by atoms with Gasteiger partial charge in [0.25, 0.3) is 5.91 Å².